The molecule has 1 N–H and O–H groups in total. The van der Waals surface area contributed by atoms with Crippen molar-refractivity contribution >= 4 is 16.9 Å². The number of nitrogens with zero attached hydrogens (tertiary/aromatic N) is 3. The Morgan fingerprint density at radius 2 is 2.26 bits per heavy atom. The predicted octanol–water partition coefficient (Wildman–Crippen LogP) is 3.70. The topological polar surface area (TPSA) is 52.0 Å². The number of rotatable bonds is 8. The SMILES string of the molecule is CCn1ccc2ncnc(NC/C=C\C(F)=C/COC(C)C)c21. The maximum Gasteiger partial charge on any atom is 0.154 e. The van der Waals surface area contributed by atoms with Gasteiger partial charge in [0.15, 0.2) is 5.82 Å². The van der Waals surface area contributed by atoms with Crippen LogP contribution in [0.4, 0.5) is 10.2 Å². The lowest BCUT2D eigenvalue weighted by Gasteiger charge is -2.07. The van der Waals surface area contributed by atoms with Gasteiger partial charge in [-0.1, -0.05) is 6.08 Å². The second-order valence-electron chi connectivity index (χ2n) is 5.31. The van der Waals surface area contributed by atoms with E-state index in [2.05, 4.69) is 26.8 Å². The fourth-order valence-electron chi connectivity index (χ4n) is 2.14. The number of fused-ring (bicyclic) bond motifs is 1. The predicted molar refractivity (Wildman–Crippen MR) is 91.1 cm³/mol. The van der Waals surface area contributed by atoms with Crippen molar-refractivity contribution < 1.29 is 9.13 Å². The van der Waals surface area contributed by atoms with Crippen LogP contribution in [-0.4, -0.2) is 33.8 Å². The van der Waals surface area contributed by atoms with Crippen LogP contribution in [0.15, 0.2) is 42.6 Å². The summed E-state index contributed by atoms with van der Waals surface area (Å²) in [4.78, 5) is 8.51. The summed E-state index contributed by atoms with van der Waals surface area (Å²) in [6.07, 6.45) is 8.17. The molecule has 2 rings (SSSR count). The first-order chi connectivity index (χ1) is 11.1. The Kier molecular flexibility index (Phi) is 6.29. The van der Waals surface area contributed by atoms with Crippen LogP contribution in [0.3, 0.4) is 0 Å². The van der Waals surface area contributed by atoms with Gasteiger partial charge in [0.05, 0.1) is 18.2 Å². The molecule has 0 aromatic carbocycles. The molecule has 0 aliphatic heterocycles. The van der Waals surface area contributed by atoms with Crippen molar-refractivity contribution in [3.63, 3.8) is 0 Å². The van der Waals surface area contributed by atoms with Crippen molar-refractivity contribution in [2.75, 3.05) is 18.5 Å². The third-order valence-electron chi connectivity index (χ3n) is 3.26. The van der Waals surface area contributed by atoms with Crippen molar-refractivity contribution in [2.45, 2.75) is 33.4 Å². The zero-order valence-electron chi connectivity index (χ0n) is 13.8. The van der Waals surface area contributed by atoms with Crippen LogP contribution in [0.5, 0.6) is 0 Å². The summed E-state index contributed by atoms with van der Waals surface area (Å²) >= 11 is 0. The van der Waals surface area contributed by atoms with Crippen molar-refractivity contribution in [3.8, 4) is 0 Å². The second kappa shape index (κ2) is 8.43. The average Bonchev–Trinajstić information content (AvgIpc) is 2.95. The molecule has 2 aromatic heterocycles. The highest BCUT2D eigenvalue weighted by Gasteiger charge is 2.07. The van der Waals surface area contributed by atoms with Crippen LogP contribution >= 0.6 is 0 Å². The van der Waals surface area contributed by atoms with Gasteiger partial charge in [-0.15, -0.1) is 0 Å². The lowest BCUT2D eigenvalue weighted by molar-refractivity contribution is 0.102. The Bertz CT molecular complexity index is 691. The molecule has 0 atom stereocenters. The summed E-state index contributed by atoms with van der Waals surface area (Å²) in [5, 5.41) is 3.19. The van der Waals surface area contributed by atoms with Gasteiger partial charge in [0.2, 0.25) is 0 Å². The fraction of sp³-hybridized carbons (Fsp3) is 0.412. The average molecular weight is 318 g/mol. The molecule has 0 radical (unpaired) electrons. The minimum atomic E-state index is -0.308. The third kappa shape index (κ3) is 4.89. The summed E-state index contributed by atoms with van der Waals surface area (Å²) in [6, 6.07) is 1.96. The van der Waals surface area contributed by atoms with E-state index in [1.54, 1.807) is 6.08 Å². The number of halogens is 1. The molecule has 0 aliphatic carbocycles. The summed E-state index contributed by atoms with van der Waals surface area (Å²) < 4.78 is 20.9. The minimum Gasteiger partial charge on any atom is -0.375 e. The Balaban J connectivity index is 1.94. The van der Waals surface area contributed by atoms with Gasteiger partial charge in [-0.2, -0.15) is 0 Å². The number of ether oxygens (including phenoxy) is 1. The van der Waals surface area contributed by atoms with Gasteiger partial charge < -0.3 is 14.6 Å². The maximum absolute atomic E-state index is 13.5. The summed E-state index contributed by atoms with van der Waals surface area (Å²) in [5.41, 5.74) is 1.86. The zero-order valence-corrected chi connectivity index (χ0v) is 13.8. The largest absolute Gasteiger partial charge is 0.375 e. The molecule has 124 valence electrons. The maximum atomic E-state index is 13.5. The van der Waals surface area contributed by atoms with Crippen molar-refractivity contribution in [1.29, 1.82) is 0 Å². The van der Waals surface area contributed by atoms with E-state index in [1.807, 2.05) is 26.1 Å². The molecule has 6 heteroatoms. The summed E-state index contributed by atoms with van der Waals surface area (Å²) in [5.74, 6) is 0.441. The Hall–Kier alpha value is -2.21. The molecule has 5 nitrogen and oxygen atoms in total. The smallest absolute Gasteiger partial charge is 0.154 e. The monoisotopic (exact) mass is 318 g/mol. The van der Waals surface area contributed by atoms with Crippen LogP contribution < -0.4 is 5.32 Å². The number of allylic oxidation sites excluding steroid dienone is 2. The van der Waals surface area contributed by atoms with E-state index in [9.17, 15) is 4.39 Å². The van der Waals surface area contributed by atoms with E-state index in [1.165, 1.54) is 18.5 Å². The lowest BCUT2D eigenvalue weighted by atomic mass is 10.4. The summed E-state index contributed by atoms with van der Waals surface area (Å²) in [7, 11) is 0. The highest BCUT2D eigenvalue weighted by atomic mass is 19.1. The highest BCUT2D eigenvalue weighted by Crippen LogP contribution is 2.20. The normalized spacial score (nSPS) is 12.7. The molecule has 0 saturated heterocycles. The van der Waals surface area contributed by atoms with E-state index in [-0.39, 0.29) is 18.5 Å². The van der Waals surface area contributed by atoms with Gasteiger partial charge in [0, 0.05) is 19.3 Å². The van der Waals surface area contributed by atoms with Crippen LogP contribution in [0.25, 0.3) is 11.0 Å². The van der Waals surface area contributed by atoms with Crippen LogP contribution in [0.1, 0.15) is 20.8 Å². The zero-order chi connectivity index (χ0) is 16.7. The van der Waals surface area contributed by atoms with Gasteiger partial charge in [-0.25, -0.2) is 14.4 Å². The second-order valence-corrected chi connectivity index (χ2v) is 5.31. The number of aromatic nitrogens is 3. The summed E-state index contributed by atoms with van der Waals surface area (Å²) in [6.45, 7) is 7.50. The van der Waals surface area contributed by atoms with E-state index in [4.69, 9.17) is 4.74 Å². The third-order valence-corrected chi connectivity index (χ3v) is 3.26. The molecule has 0 spiro atoms. The van der Waals surface area contributed by atoms with Crippen molar-refractivity contribution in [2.24, 2.45) is 0 Å². The van der Waals surface area contributed by atoms with Crippen LogP contribution in [0, 0.1) is 0 Å². The Morgan fingerprint density at radius 3 is 3.00 bits per heavy atom. The quantitative estimate of drug-likeness (QED) is 0.754. The number of aryl methyl sites for hydroxylation is 1. The number of anilines is 1. The van der Waals surface area contributed by atoms with Gasteiger partial charge in [0.25, 0.3) is 0 Å². The highest BCUT2D eigenvalue weighted by molar-refractivity contribution is 5.86. The van der Waals surface area contributed by atoms with Crippen LogP contribution in [0.2, 0.25) is 0 Å². The van der Waals surface area contributed by atoms with Gasteiger partial charge >= 0.3 is 0 Å². The first kappa shape index (κ1) is 17.1. The molecule has 23 heavy (non-hydrogen) atoms. The Morgan fingerprint density at radius 1 is 1.43 bits per heavy atom. The molecule has 0 amide bonds. The number of nitrogens with one attached hydrogen (secondary N) is 1. The minimum absolute atomic E-state index is 0.0969. The van der Waals surface area contributed by atoms with E-state index >= 15 is 0 Å². The Labute approximate surface area is 135 Å². The fourth-order valence-corrected chi connectivity index (χ4v) is 2.14. The molecular weight excluding hydrogens is 295 g/mol. The molecule has 0 aliphatic rings. The number of hydrogen-bond donors (Lipinski definition) is 1. The van der Waals surface area contributed by atoms with Gasteiger partial charge in [-0.05, 0) is 39.0 Å². The van der Waals surface area contributed by atoms with Crippen LogP contribution in [-0.2, 0) is 11.3 Å². The van der Waals surface area contributed by atoms with Gasteiger partial charge in [0.1, 0.15) is 17.7 Å². The van der Waals surface area contributed by atoms with Crippen molar-refractivity contribution in [3.05, 3.63) is 42.6 Å². The first-order valence-electron chi connectivity index (χ1n) is 7.79. The molecular formula is C17H23FN4O. The van der Waals surface area contributed by atoms with E-state index in [0.717, 1.165) is 23.4 Å². The lowest BCUT2D eigenvalue weighted by Crippen LogP contribution is -2.04. The molecule has 2 aromatic rings. The van der Waals surface area contributed by atoms with E-state index < -0.39 is 0 Å². The van der Waals surface area contributed by atoms with Crippen molar-refractivity contribution in [1.82, 2.24) is 14.5 Å². The first-order valence-corrected chi connectivity index (χ1v) is 7.79. The molecule has 0 fully saturated rings. The molecule has 0 bridgehead atoms. The number of hydrogen-bond acceptors (Lipinski definition) is 4. The standard InChI is InChI=1S/C17H23FN4O/c1-4-22-10-7-15-16(22)17(21-12-20-15)19-9-5-6-14(18)8-11-23-13(2)3/h5-8,10,12-13H,4,9,11H2,1-3H3,(H,19,20,21)/b6-5-,14-8+. The molecule has 0 unspecified atom stereocenters. The van der Waals surface area contributed by atoms with Gasteiger partial charge in [-0.3, -0.25) is 0 Å². The van der Waals surface area contributed by atoms with E-state index in [0.29, 0.717) is 6.54 Å². The molecule has 2 heterocycles. The molecule has 0 saturated carbocycles.